The third-order valence-corrected chi connectivity index (χ3v) is 4.98. The summed E-state index contributed by atoms with van der Waals surface area (Å²) in [6, 6.07) is 0. The first-order chi connectivity index (χ1) is 9.99. The summed E-state index contributed by atoms with van der Waals surface area (Å²) in [4.78, 5) is 9.77. The van der Waals surface area contributed by atoms with Crippen LogP contribution >= 0.6 is 7.82 Å². The van der Waals surface area contributed by atoms with Gasteiger partial charge in [0.2, 0.25) is 0 Å². The number of phosphoric ester groups is 1. The third kappa shape index (κ3) is 16.9. The number of hydrogen-bond donors (Lipinski definition) is 1. The quantitative estimate of drug-likeness (QED) is 0.363. The molecule has 0 saturated heterocycles. The molecule has 0 aromatic carbocycles. The van der Waals surface area contributed by atoms with E-state index in [0.29, 0.717) is 25.0 Å². The average molecular weight is 381 g/mol. The zero-order valence-electron chi connectivity index (χ0n) is 14.8. The minimum atomic E-state index is -3.89. The Bertz CT molecular complexity index is 268. The van der Waals surface area contributed by atoms with Gasteiger partial charge in [-0.1, -0.05) is 66.2 Å². The van der Waals surface area contributed by atoms with Crippen molar-refractivity contribution in [3.05, 3.63) is 0 Å². The van der Waals surface area contributed by atoms with E-state index in [1.54, 1.807) is 0 Å². The molecule has 7 heteroatoms. The van der Waals surface area contributed by atoms with Crippen LogP contribution in [0.25, 0.3) is 0 Å². The van der Waals surface area contributed by atoms with Crippen LogP contribution in [0.5, 0.6) is 0 Å². The molecular formula is C16H38KO5P. The predicted molar refractivity (Wildman–Crippen MR) is 99.1 cm³/mol. The fourth-order valence-corrected chi connectivity index (χ4v) is 3.11. The summed E-state index contributed by atoms with van der Waals surface area (Å²) >= 11 is 0. The Morgan fingerprint density at radius 3 is 1.48 bits per heavy atom. The van der Waals surface area contributed by atoms with Crippen molar-refractivity contribution in [2.24, 2.45) is 11.8 Å². The predicted octanol–water partition coefficient (Wildman–Crippen LogP) is 4.08. The molecule has 2 unspecified atom stereocenters. The first kappa shape index (κ1) is 29.5. The summed E-state index contributed by atoms with van der Waals surface area (Å²) in [5.41, 5.74) is 0. The fourth-order valence-electron chi connectivity index (χ4n) is 2.23. The molecule has 0 spiro atoms. The van der Waals surface area contributed by atoms with Gasteiger partial charge in [-0.15, -0.1) is 0 Å². The molecule has 0 aromatic heterocycles. The van der Waals surface area contributed by atoms with E-state index in [1.165, 1.54) is 0 Å². The summed E-state index contributed by atoms with van der Waals surface area (Å²) in [7, 11) is -3.89. The van der Waals surface area contributed by atoms with Crippen molar-refractivity contribution < 1.29 is 24.0 Å². The van der Waals surface area contributed by atoms with Crippen LogP contribution in [-0.2, 0) is 13.6 Å². The minimum absolute atomic E-state index is 0. The standard InChI is InChI=1S/C16H35O4P.K.H2O.H/c1-5-9-11-15(7-3)13-19-21(17,18)20-14-16(8-4)12-10-6-2;;;/h15-16H,5-14H2,1-4H3,(H,17,18);;1H2;. The zero-order chi connectivity index (χ0) is 16.1. The molecule has 138 valence electrons. The zero-order valence-corrected chi connectivity index (χ0v) is 15.7. The van der Waals surface area contributed by atoms with Gasteiger partial charge in [0, 0.05) is 0 Å². The summed E-state index contributed by atoms with van der Waals surface area (Å²) in [5, 5.41) is 0. The van der Waals surface area contributed by atoms with E-state index in [4.69, 9.17) is 9.05 Å². The van der Waals surface area contributed by atoms with E-state index in [2.05, 4.69) is 27.7 Å². The fraction of sp³-hybridized carbons (Fsp3) is 1.00. The van der Waals surface area contributed by atoms with Gasteiger partial charge in [0.05, 0.1) is 13.2 Å². The molecular weight excluding hydrogens is 342 g/mol. The number of hydrogen-bond acceptors (Lipinski definition) is 3. The SMILES string of the molecule is CCCCC(CC)COP(=O)(O)OCC(CC)CCCC.O.[KH]. The van der Waals surface area contributed by atoms with E-state index in [9.17, 15) is 9.46 Å². The van der Waals surface area contributed by atoms with Crippen molar-refractivity contribution in [2.45, 2.75) is 79.1 Å². The van der Waals surface area contributed by atoms with Gasteiger partial charge in [0.25, 0.3) is 0 Å². The van der Waals surface area contributed by atoms with Gasteiger partial charge in [0.1, 0.15) is 0 Å². The molecule has 0 radical (unpaired) electrons. The van der Waals surface area contributed by atoms with E-state index in [1.807, 2.05) is 0 Å². The van der Waals surface area contributed by atoms with Crippen molar-refractivity contribution in [2.75, 3.05) is 13.2 Å². The van der Waals surface area contributed by atoms with Gasteiger partial charge < -0.3 is 10.4 Å². The summed E-state index contributed by atoms with van der Waals surface area (Å²) < 4.78 is 22.2. The molecule has 0 bridgehead atoms. The molecule has 0 heterocycles. The Morgan fingerprint density at radius 2 is 1.22 bits per heavy atom. The van der Waals surface area contributed by atoms with Gasteiger partial charge in [-0.25, -0.2) is 4.57 Å². The van der Waals surface area contributed by atoms with Crippen LogP contribution in [0.1, 0.15) is 79.1 Å². The third-order valence-electron chi connectivity index (χ3n) is 4.03. The molecule has 0 rings (SSSR count). The van der Waals surface area contributed by atoms with E-state index in [0.717, 1.165) is 51.4 Å². The van der Waals surface area contributed by atoms with E-state index < -0.39 is 7.82 Å². The first-order valence-electron chi connectivity index (χ1n) is 8.60. The van der Waals surface area contributed by atoms with Gasteiger partial charge in [0.15, 0.2) is 0 Å². The first-order valence-corrected chi connectivity index (χ1v) is 10.1. The second kappa shape index (κ2) is 18.5. The van der Waals surface area contributed by atoms with Crippen LogP contribution in [0.15, 0.2) is 0 Å². The Hall–Kier alpha value is 1.71. The van der Waals surface area contributed by atoms with Crippen molar-refractivity contribution in [1.82, 2.24) is 0 Å². The van der Waals surface area contributed by atoms with Crippen molar-refractivity contribution in [1.29, 1.82) is 0 Å². The Morgan fingerprint density at radius 1 is 0.870 bits per heavy atom. The monoisotopic (exact) mass is 380 g/mol. The van der Waals surface area contributed by atoms with Crippen molar-refractivity contribution in [3.8, 4) is 0 Å². The Labute approximate surface area is 185 Å². The van der Waals surface area contributed by atoms with Crippen molar-refractivity contribution in [3.63, 3.8) is 0 Å². The number of unbranched alkanes of at least 4 members (excludes halogenated alkanes) is 2. The Kier molecular flexibility index (Phi) is 23.7. The summed E-state index contributed by atoms with van der Waals surface area (Å²) in [5.74, 6) is 0.687. The van der Waals surface area contributed by atoms with Crippen LogP contribution in [0.2, 0.25) is 0 Å². The number of phosphoric acid groups is 1. The molecule has 0 aliphatic carbocycles. The molecule has 2 atom stereocenters. The van der Waals surface area contributed by atoms with Crippen LogP contribution < -0.4 is 0 Å². The van der Waals surface area contributed by atoms with Crippen LogP contribution in [-0.4, -0.2) is 75.0 Å². The van der Waals surface area contributed by atoms with Gasteiger partial charge in [-0.2, -0.15) is 0 Å². The topological polar surface area (TPSA) is 87.3 Å². The molecule has 3 N–H and O–H groups in total. The molecule has 0 aliphatic heterocycles. The maximum atomic E-state index is 11.9. The molecule has 0 fully saturated rings. The van der Waals surface area contributed by atoms with Crippen LogP contribution in [0, 0.1) is 11.8 Å². The van der Waals surface area contributed by atoms with E-state index in [-0.39, 0.29) is 56.9 Å². The Balaban J connectivity index is -0.00000200. The van der Waals surface area contributed by atoms with Crippen LogP contribution in [0.4, 0.5) is 0 Å². The summed E-state index contributed by atoms with van der Waals surface area (Å²) in [6.45, 7) is 9.10. The molecule has 0 saturated carbocycles. The molecule has 0 amide bonds. The maximum absolute atomic E-state index is 11.9. The second-order valence-corrected chi connectivity index (χ2v) is 7.35. The summed E-state index contributed by atoms with van der Waals surface area (Å²) in [6.07, 6.45) is 8.56. The van der Waals surface area contributed by atoms with Gasteiger partial charge >= 0.3 is 59.2 Å². The average Bonchev–Trinajstić information content (AvgIpc) is 2.47. The van der Waals surface area contributed by atoms with Crippen molar-refractivity contribution >= 4 is 59.2 Å². The van der Waals surface area contributed by atoms with Gasteiger partial charge in [-0.05, 0) is 24.7 Å². The second-order valence-electron chi connectivity index (χ2n) is 5.89. The van der Waals surface area contributed by atoms with Gasteiger partial charge in [-0.3, -0.25) is 9.05 Å². The molecule has 5 nitrogen and oxygen atoms in total. The molecule has 0 aromatic rings. The molecule has 0 aliphatic rings. The normalized spacial score (nSPS) is 15.9. The number of rotatable bonds is 14. The van der Waals surface area contributed by atoms with Crippen LogP contribution in [0.3, 0.4) is 0 Å². The molecule has 23 heavy (non-hydrogen) atoms. The van der Waals surface area contributed by atoms with E-state index >= 15 is 0 Å².